The van der Waals surface area contributed by atoms with Crippen LogP contribution in [0.1, 0.15) is 32.3 Å². The Kier molecular flexibility index (Phi) is 7.61. The van der Waals surface area contributed by atoms with Crippen molar-refractivity contribution in [2.75, 3.05) is 39.3 Å². The number of aliphatic hydroxyl groups is 1. The van der Waals surface area contributed by atoms with Gasteiger partial charge in [-0.3, -0.25) is 9.80 Å². The van der Waals surface area contributed by atoms with Crippen LogP contribution >= 0.6 is 0 Å². The lowest BCUT2D eigenvalue weighted by atomic mass is 10.1. The molecule has 1 aromatic carbocycles. The van der Waals surface area contributed by atoms with Gasteiger partial charge < -0.3 is 5.11 Å². The van der Waals surface area contributed by atoms with E-state index < -0.39 is 0 Å². The summed E-state index contributed by atoms with van der Waals surface area (Å²) in [5.74, 6) is 7.27. The predicted molar refractivity (Wildman–Crippen MR) is 96.3 cm³/mol. The lowest BCUT2D eigenvalue weighted by Gasteiger charge is -2.41. The zero-order chi connectivity index (χ0) is 16.5. The summed E-state index contributed by atoms with van der Waals surface area (Å²) in [5.41, 5.74) is 1.08. The van der Waals surface area contributed by atoms with Gasteiger partial charge in [0.2, 0.25) is 0 Å². The van der Waals surface area contributed by atoms with E-state index in [1.807, 2.05) is 30.3 Å². The van der Waals surface area contributed by atoms with Crippen LogP contribution in [0.25, 0.3) is 0 Å². The molecule has 1 atom stereocenters. The summed E-state index contributed by atoms with van der Waals surface area (Å²) < 4.78 is 0. The molecule has 2 rings (SSSR count). The molecular formula is C20H30N2O. The van der Waals surface area contributed by atoms with Gasteiger partial charge in [0.25, 0.3) is 0 Å². The smallest absolute Gasteiger partial charge is 0.0606 e. The van der Waals surface area contributed by atoms with Gasteiger partial charge in [-0.2, -0.15) is 0 Å². The van der Waals surface area contributed by atoms with Crippen LogP contribution in [0.5, 0.6) is 0 Å². The molecule has 0 spiro atoms. The predicted octanol–water partition coefficient (Wildman–Crippen LogP) is 2.45. The van der Waals surface area contributed by atoms with Crippen LogP contribution in [0, 0.1) is 17.8 Å². The van der Waals surface area contributed by atoms with Crippen molar-refractivity contribution in [2.45, 2.75) is 32.7 Å². The molecule has 1 saturated heterocycles. The fourth-order valence-corrected chi connectivity index (χ4v) is 3.02. The first-order valence-electron chi connectivity index (χ1n) is 8.80. The summed E-state index contributed by atoms with van der Waals surface area (Å²) in [6.07, 6.45) is 2.09. The Morgan fingerprint density at radius 3 is 2.70 bits per heavy atom. The van der Waals surface area contributed by atoms with Crippen LogP contribution in [-0.2, 0) is 0 Å². The SMILES string of the molecule is CC(C)CCN1CCN(CC#Cc2ccccc2)C[C@H]1CCO. The van der Waals surface area contributed by atoms with E-state index in [-0.39, 0.29) is 6.61 Å². The highest BCUT2D eigenvalue weighted by Crippen LogP contribution is 2.14. The van der Waals surface area contributed by atoms with Gasteiger partial charge in [0.15, 0.2) is 0 Å². The Balaban J connectivity index is 1.85. The van der Waals surface area contributed by atoms with Gasteiger partial charge >= 0.3 is 0 Å². The van der Waals surface area contributed by atoms with E-state index in [1.54, 1.807) is 0 Å². The van der Waals surface area contributed by atoms with Crippen molar-refractivity contribution in [2.24, 2.45) is 5.92 Å². The van der Waals surface area contributed by atoms with E-state index in [1.165, 1.54) is 6.42 Å². The summed E-state index contributed by atoms with van der Waals surface area (Å²) in [6, 6.07) is 10.6. The molecule has 1 aromatic rings. The molecule has 23 heavy (non-hydrogen) atoms. The summed E-state index contributed by atoms with van der Waals surface area (Å²) in [5, 5.41) is 9.35. The zero-order valence-electron chi connectivity index (χ0n) is 14.5. The van der Waals surface area contributed by atoms with Crippen molar-refractivity contribution in [3.63, 3.8) is 0 Å². The average molecular weight is 314 g/mol. The fraction of sp³-hybridized carbons (Fsp3) is 0.600. The molecule has 1 heterocycles. The third kappa shape index (κ3) is 6.35. The van der Waals surface area contributed by atoms with Crippen LogP contribution in [0.2, 0.25) is 0 Å². The van der Waals surface area contributed by atoms with Gasteiger partial charge in [-0.05, 0) is 37.4 Å². The molecule has 0 saturated carbocycles. The molecule has 126 valence electrons. The molecule has 0 amide bonds. The van der Waals surface area contributed by atoms with Crippen LogP contribution in [0.4, 0.5) is 0 Å². The number of hydrogen-bond acceptors (Lipinski definition) is 3. The van der Waals surface area contributed by atoms with E-state index in [9.17, 15) is 5.11 Å². The number of benzene rings is 1. The molecule has 1 aliphatic rings. The van der Waals surface area contributed by atoms with E-state index in [0.717, 1.165) is 50.6 Å². The average Bonchev–Trinajstić information content (AvgIpc) is 2.55. The number of nitrogens with zero attached hydrogens (tertiary/aromatic N) is 2. The van der Waals surface area contributed by atoms with Gasteiger partial charge in [0.05, 0.1) is 6.54 Å². The van der Waals surface area contributed by atoms with Crippen molar-refractivity contribution >= 4 is 0 Å². The molecule has 1 N–H and O–H groups in total. The van der Waals surface area contributed by atoms with E-state index in [2.05, 4.69) is 35.5 Å². The number of piperazine rings is 1. The van der Waals surface area contributed by atoms with Crippen LogP contribution in [-0.4, -0.2) is 60.3 Å². The lowest BCUT2D eigenvalue weighted by molar-refractivity contribution is 0.0629. The maximum Gasteiger partial charge on any atom is 0.0606 e. The Bertz CT molecular complexity index is 503. The molecule has 3 nitrogen and oxygen atoms in total. The minimum atomic E-state index is 0.270. The molecule has 1 fully saturated rings. The van der Waals surface area contributed by atoms with Crippen molar-refractivity contribution in [3.05, 3.63) is 35.9 Å². The van der Waals surface area contributed by atoms with Crippen molar-refractivity contribution in [1.82, 2.24) is 9.80 Å². The van der Waals surface area contributed by atoms with Crippen molar-refractivity contribution in [3.8, 4) is 11.8 Å². The molecule has 3 heteroatoms. The van der Waals surface area contributed by atoms with E-state index >= 15 is 0 Å². The minimum Gasteiger partial charge on any atom is -0.396 e. The number of hydrogen-bond donors (Lipinski definition) is 1. The standard InChI is InChI=1S/C20H30N2O/c1-18(2)10-13-22-15-14-21(17-20(22)11-16-23)12-6-9-19-7-4-3-5-8-19/h3-5,7-8,18,20,23H,10-17H2,1-2H3/t20-/m1/s1. The second-order valence-electron chi connectivity index (χ2n) is 6.79. The molecule has 0 unspecified atom stereocenters. The molecule has 0 bridgehead atoms. The van der Waals surface area contributed by atoms with Gasteiger partial charge in [-0.1, -0.05) is 43.9 Å². The monoisotopic (exact) mass is 314 g/mol. The summed E-state index contributed by atoms with van der Waals surface area (Å²) in [6.45, 7) is 9.95. The molecular weight excluding hydrogens is 284 g/mol. The van der Waals surface area contributed by atoms with Gasteiger partial charge in [-0.25, -0.2) is 0 Å². The highest BCUT2D eigenvalue weighted by atomic mass is 16.3. The first-order chi connectivity index (χ1) is 11.2. The normalized spacial score (nSPS) is 19.6. The fourth-order valence-electron chi connectivity index (χ4n) is 3.02. The Morgan fingerprint density at radius 1 is 1.22 bits per heavy atom. The van der Waals surface area contributed by atoms with Crippen LogP contribution in [0.15, 0.2) is 30.3 Å². The number of aliphatic hydroxyl groups excluding tert-OH is 1. The van der Waals surface area contributed by atoms with Crippen LogP contribution in [0.3, 0.4) is 0 Å². The Morgan fingerprint density at radius 2 is 2.00 bits per heavy atom. The first-order valence-corrected chi connectivity index (χ1v) is 8.80. The molecule has 0 radical (unpaired) electrons. The third-order valence-corrected chi connectivity index (χ3v) is 4.45. The minimum absolute atomic E-state index is 0.270. The molecule has 1 aliphatic heterocycles. The quantitative estimate of drug-likeness (QED) is 0.817. The Hall–Kier alpha value is -1.34. The summed E-state index contributed by atoms with van der Waals surface area (Å²) in [4.78, 5) is 4.97. The van der Waals surface area contributed by atoms with Gasteiger partial charge in [-0.15, -0.1) is 0 Å². The highest BCUT2D eigenvalue weighted by Gasteiger charge is 2.25. The summed E-state index contributed by atoms with van der Waals surface area (Å²) >= 11 is 0. The first kappa shape index (κ1) is 18.0. The summed E-state index contributed by atoms with van der Waals surface area (Å²) in [7, 11) is 0. The maximum atomic E-state index is 9.35. The highest BCUT2D eigenvalue weighted by molar-refractivity contribution is 5.33. The van der Waals surface area contributed by atoms with Crippen molar-refractivity contribution in [1.29, 1.82) is 0 Å². The third-order valence-electron chi connectivity index (χ3n) is 4.45. The van der Waals surface area contributed by atoms with Gasteiger partial charge in [0.1, 0.15) is 0 Å². The molecule has 0 aromatic heterocycles. The maximum absolute atomic E-state index is 9.35. The topological polar surface area (TPSA) is 26.7 Å². The zero-order valence-corrected chi connectivity index (χ0v) is 14.5. The van der Waals surface area contributed by atoms with Crippen LogP contribution < -0.4 is 0 Å². The van der Waals surface area contributed by atoms with E-state index in [4.69, 9.17) is 0 Å². The number of rotatable bonds is 6. The Labute approximate surface area is 141 Å². The van der Waals surface area contributed by atoms with Crippen molar-refractivity contribution < 1.29 is 5.11 Å². The molecule has 0 aliphatic carbocycles. The lowest BCUT2D eigenvalue weighted by Crippen LogP contribution is -2.53. The van der Waals surface area contributed by atoms with E-state index in [0.29, 0.717) is 6.04 Å². The largest absolute Gasteiger partial charge is 0.396 e. The second kappa shape index (κ2) is 9.72. The van der Waals surface area contributed by atoms with Gasteiger partial charge in [0, 0.05) is 37.8 Å². The second-order valence-corrected chi connectivity index (χ2v) is 6.79.